The standard InChI is InChI=1S/C22H31N5O5/c1-3-5-7-12-26(17(28)14-32-16-10-8-9-15(13-16)20(24)29)18-19(23)27(11-6-4-2)22(31)25-21(18)30/h8-10,13H,3-7,11-12,14,23H2,1-2H3,(H2,24,29)(H,25,30,31). The lowest BCUT2D eigenvalue weighted by Crippen LogP contribution is -2.43. The summed E-state index contributed by atoms with van der Waals surface area (Å²) in [6.07, 6.45) is 3.93. The average molecular weight is 446 g/mol. The largest absolute Gasteiger partial charge is 0.484 e. The summed E-state index contributed by atoms with van der Waals surface area (Å²) in [5.74, 6) is -0.870. The number of aromatic amines is 1. The average Bonchev–Trinajstić information content (AvgIpc) is 2.76. The second kappa shape index (κ2) is 11.7. The van der Waals surface area contributed by atoms with Gasteiger partial charge in [-0.1, -0.05) is 39.2 Å². The Labute approximate surface area is 186 Å². The zero-order chi connectivity index (χ0) is 23.7. The van der Waals surface area contributed by atoms with Gasteiger partial charge in [-0.15, -0.1) is 0 Å². The van der Waals surface area contributed by atoms with Crippen LogP contribution in [-0.4, -0.2) is 34.5 Å². The molecule has 5 N–H and O–H groups in total. The third kappa shape index (κ3) is 6.22. The van der Waals surface area contributed by atoms with Gasteiger partial charge in [0.15, 0.2) is 12.3 Å². The summed E-state index contributed by atoms with van der Waals surface area (Å²) < 4.78 is 6.82. The van der Waals surface area contributed by atoms with Gasteiger partial charge in [0, 0.05) is 18.7 Å². The zero-order valence-electron chi connectivity index (χ0n) is 18.6. The highest BCUT2D eigenvalue weighted by atomic mass is 16.5. The lowest BCUT2D eigenvalue weighted by atomic mass is 10.2. The van der Waals surface area contributed by atoms with Gasteiger partial charge in [0.2, 0.25) is 5.91 Å². The van der Waals surface area contributed by atoms with Crippen molar-refractivity contribution in [2.75, 3.05) is 23.8 Å². The zero-order valence-corrected chi connectivity index (χ0v) is 18.6. The SMILES string of the molecule is CCCCCN(C(=O)COc1cccc(C(N)=O)c1)c1c(N)n(CCCC)c(=O)[nH]c1=O. The fraction of sp³-hybridized carbons (Fsp3) is 0.455. The van der Waals surface area contributed by atoms with Gasteiger partial charge in [0.1, 0.15) is 11.6 Å². The number of hydrogen-bond acceptors (Lipinski definition) is 6. The van der Waals surface area contributed by atoms with Crippen LogP contribution in [0.1, 0.15) is 56.3 Å². The highest BCUT2D eigenvalue weighted by Gasteiger charge is 2.24. The number of nitrogen functional groups attached to an aromatic ring is 1. The van der Waals surface area contributed by atoms with E-state index < -0.39 is 23.1 Å². The second-order valence-corrected chi connectivity index (χ2v) is 7.43. The molecule has 0 fully saturated rings. The number of ether oxygens (including phenoxy) is 1. The molecule has 2 aromatic rings. The predicted octanol–water partition coefficient (Wildman–Crippen LogP) is 1.62. The van der Waals surface area contributed by atoms with Gasteiger partial charge >= 0.3 is 5.69 Å². The number of hydrogen-bond donors (Lipinski definition) is 3. The molecule has 1 heterocycles. The third-order valence-electron chi connectivity index (χ3n) is 4.99. The summed E-state index contributed by atoms with van der Waals surface area (Å²) in [4.78, 5) is 52.8. The molecule has 10 heteroatoms. The quantitative estimate of drug-likeness (QED) is 0.422. The molecule has 0 atom stereocenters. The molecule has 0 radical (unpaired) electrons. The van der Waals surface area contributed by atoms with Crippen LogP contribution in [0.25, 0.3) is 0 Å². The number of aromatic nitrogens is 2. The maximum absolute atomic E-state index is 13.1. The number of H-pyrrole nitrogens is 1. The third-order valence-corrected chi connectivity index (χ3v) is 4.99. The van der Waals surface area contributed by atoms with Crippen LogP contribution in [-0.2, 0) is 11.3 Å². The molecular weight excluding hydrogens is 414 g/mol. The van der Waals surface area contributed by atoms with E-state index in [9.17, 15) is 19.2 Å². The van der Waals surface area contributed by atoms with E-state index in [0.29, 0.717) is 19.4 Å². The number of rotatable bonds is 12. The van der Waals surface area contributed by atoms with E-state index in [1.807, 2.05) is 13.8 Å². The highest BCUT2D eigenvalue weighted by molar-refractivity contribution is 5.96. The van der Waals surface area contributed by atoms with Gasteiger partial charge in [-0.05, 0) is 31.0 Å². The van der Waals surface area contributed by atoms with Crippen LogP contribution in [0.3, 0.4) is 0 Å². The van der Waals surface area contributed by atoms with Crippen LogP contribution in [0.2, 0.25) is 0 Å². The molecule has 10 nitrogen and oxygen atoms in total. The van der Waals surface area contributed by atoms with E-state index in [4.69, 9.17) is 16.2 Å². The number of carbonyl (C=O) groups is 2. The topological polar surface area (TPSA) is 154 Å². The van der Waals surface area contributed by atoms with Gasteiger partial charge in [-0.25, -0.2) is 4.79 Å². The van der Waals surface area contributed by atoms with Crippen LogP contribution < -0.4 is 32.4 Å². The fourth-order valence-electron chi connectivity index (χ4n) is 3.22. The molecule has 2 rings (SSSR count). The number of nitrogens with one attached hydrogen (secondary N) is 1. The second-order valence-electron chi connectivity index (χ2n) is 7.43. The normalized spacial score (nSPS) is 10.7. The summed E-state index contributed by atoms with van der Waals surface area (Å²) in [6.45, 7) is 4.18. The Morgan fingerprint density at radius 2 is 1.84 bits per heavy atom. The molecule has 0 aliphatic heterocycles. The Hall–Kier alpha value is -3.56. The summed E-state index contributed by atoms with van der Waals surface area (Å²) >= 11 is 0. The monoisotopic (exact) mass is 445 g/mol. The van der Waals surface area contributed by atoms with Crippen LogP contribution in [0, 0.1) is 0 Å². The Morgan fingerprint density at radius 1 is 1.12 bits per heavy atom. The Kier molecular flexibility index (Phi) is 9.06. The van der Waals surface area contributed by atoms with Gasteiger partial charge in [0.05, 0.1) is 0 Å². The molecule has 0 saturated heterocycles. The van der Waals surface area contributed by atoms with E-state index in [0.717, 1.165) is 19.3 Å². The van der Waals surface area contributed by atoms with E-state index >= 15 is 0 Å². The predicted molar refractivity (Wildman–Crippen MR) is 123 cm³/mol. The minimum absolute atomic E-state index is 0.0484. The first-order valence-corrected chi connectivity index (χ1v) is 10.8. The van der Waals surface area contributed by atoms with Crippen LogP contribution in [0.15, 0.2) is 33.9 Å². The number of nitrogens with two attached hydrogens (primary N) is 2. The van der Waals surface area contributed by atoms with Crippen LogP contribution in [0.5, 0.6) is 5.75 Å². The van der Waals surface area contributed by atoms with Crippen LogP contribution >= 0.6 is 0 Å². The Bertz CT molecular complexity index is 1060. The maximum Gasteiger partial charge on any atom is 0.330 e. The van der Waals surface area contributed by atoms with Crippen molar-refractivity contribution >= 4 is 23.3 Å². The lowest BCUT2D eigenvalue weighted by molar-refractivity contribution is -0.120. The van der Waals surface area contributed by atoms with Crippen molar-refractivity contribution in [2.45, 2.75) is 52.5 Å². The van der Waals surface area contributed by atoms with Crippen molar-refractivity contribution in [3.63, 3.8) is 0 Å². The molecule has 0 saturated carbocycles. The molecule has 32 heavy (non-hydrogen) atoms. The highest BCUT2D eigenvalue weighted by Crippen LogP contribution is 2.19. The van der Waals surface area contributed by atoms with Crippen molar-refractivity contribution < 1.29 is 14.3 Å². The lowest BCUT2D eigenvalue weighted by Gasteiger charge is -2.24. The molecule has 174 valence electrons. The maximum atomic E-state index is 13.1. The molecule has 0 bridgehead atoms. The van der Waals surface area contributed by atoms with E-state index in [1.54, 1.807) is 12.1 Å². The number of primary amides is 1. The summed E-state index contributed by atoms with van der Waals surface area (Å²) in [7, 11) is 0. The van der Waals surface area contributed by atoms with Crippen molar-refractivity contribution in [3.8, 4) is 5.75 Å². The molecule has 0 aliphatic carbocycles. The number of benzene rings is 1. The molecule has 2 amide bonds. The Balaban J connectivity index is 2.34. The minimum Gasteiger partial charge on any atom is -0.484 e. The van der Waals surface area contributed by atoms with E-state index in [1.165, 1.54) is 21.6 Å². The first-order valence-electron chi connectivity index (χ1n) is 10.8. The van der Waals surface area contributed by atoms with Crippen molar-refractivity contribution in [2.24, 2.45) is 5.73 Å². The first-order chi connectivity index (χ1) is 15.3. The first kappa shape index (κ1) is 24.7. The van der Waals surface area contributed by atoms with Crippen molar-refractivity contribution in [1.29, 1.82) is 0 Å². The molecule has 1 aromatic carbocycles. The van der Waals surface area contributed by atoms with Gasteiger partial charge < -0.3 is 21.1 Å². The number of carbonyl (C=O) groups excluding carboxylic acids is 2. The summed E-state index contributed by atoms with van der Waals surface area (Å²) in [5.41, 5.74) is 10.3. The summed E-state index contributed by atoms with van der Waals surface area (Å²) in [5, 5.41) is 0. The number of unbranched alkanes of at least 4 members (excludes halogenated alkanes) is 3. The molecule has 0 aliphatic rings. The Morgan fingerprint density at radius 3 is 2.50 bits per heavy atom. The van der Waals surface area contributed by atoms with Crippen molar-refractivity contribution in [3.05, 3.63) is 50.7 Å². The fourth-order valence-corrected chi connectivity index (χ4v) is 3.22. The van der Waals surface area contributed by atoms with Gasteiger partial charge in [0.25, 0.3) is 11.5 Å². The minimum atomic E-state index is -0.721. The van der Waals surface area contributed by atoms with Gasteiger partial charge in [-0.3, -0.25) is 23.9 Å². The van der Waals surface area contributed by atoms with Crippen molar-refractivity contribution in [1.82, 2.24) is 9.55 Å². The molecule has 1 aromatic heterocycles. The number of amides is 2. The molecule has 0 spiro atoms. The number of nitrogens with zero attached hydrogens (tertiary/aromatic N) is 2. The molecule has 0 unspecified atom stereocenters. The van der Waals surface area contributed by atoms with E-state index in [2.05, 4.69) is 4.98 Å². The number of anilines is 2. The van der Waals surface area contributed by atoms with E-state index in [-0.39, 0.29) is 36.0 Å². The smallest absolute Gasteiger partial charge is 0.330 e. The van der Waals surface area contributed by atoms with Gasteiger partial charge in [-0.2, -0.15) is 0 Å². The molecular formula is C22H31N5O5. The summed E-state index contributed by atoms with van der Waals surface area (Å²) in [6, 6.07) is 6.15. The van der Waals surface area contributed by atoms with Crippen LogP contribution in [0.4, 0.5) is 11.5 Å².